The van der Waals surface area contributed by atoms with Gasteiger partial charge in [0.25, 0.3) is 0 Å². The molecule has 2 aromatic heterocycles. The predicted octanol–water partition coefficient (Wildman–Crippen LogP) is 20.8. The van der Waals surface area contributed by atoms with E-state index in [1.807, 2.05) is 48.5 Å². The maximum Gasteiger partial charge on any atom is 0.227 e. The summed E-state index contributed by atoms with van der Waals surface area (Å²) in [5.74, 6) is 1.20. The standard InChI is InChI=1S/C77H58N4O2/c1-75(2)63-23-9-7-21-57(63)60-38-34-54(44-66(60)75)80(52-19-15-17-49(41-52)73-78-69-25-11-13-27-71(69)82-73)51-32-29-47(30-33-51)48-31-37-59-62-40-36-56(46-68(62)77(5,6)65(59)43-48)81(53-20-16-18-50(42-53)74-79-70-26-12-14-28-72(70)83-74)55-35-39-61-58-22-8-10-24-64(58)76(3,4)67(61)45-55/h7-46H,1-6H3. The van der Waals surface area contributed by atoms with Gasteiger partial charge in [-0.2, -0.15) is 0 Å². The lowest BCUT2D eigenvalue weighted by molar-refractivity contribution is 0.619. The molecule has 13 aromatic rings. The smallest absolute Gasteiger partial charge is 0.227 e. The summed E-state index contributed by atoms with van der Waals surface area (Å²) < 4.78 is 12.7. The van der Waals surface area contributed by atoms with Crippen molar-refractivity contribution >= 4 is 56.3 Å². The topological polar surface area (TPSA) is 58.5 Å². The average Bonchev–Trinajstić information content (AvgIpc) is 2.63. The largest absolute Gasteiger partial charge is 0.436 e. The Hall–Kier alpha value is -10.0. The molecule has 2 heterocycles. The zero-order valence-electron chi connectivity index (χ0n) is 47.2. The number of hydrogen-bond donors (Lipinski definition) is 0. The van der Waals surface area contributed by atoms with Gasteiger partial charge in [-0.3, -0.25) is 0 Å². The molecular weight excluding hydrogens is 1010 g/mol. The molecule has 0 amide bonds. The highest BCUT2D eigenvalue weighted by atomic mass is 16.4. The van der Waals surface area contributed by atoms with Gasteiger partial charge < -0.3 is 18.6 Å². The average molecular weight is 1070 g/mol. The van der Waals surface area contributed by atoms with Gasteiger partial charge in [0, 0.05) is 61.5 Å². The quantitative estimate of drug-likeness (QED) is 0.144. The molecule has 3 aliphatic rings. The number of aromatic nitrogens is 2. The van der Waals surface area contributed by atoms with Crippen molar-refractivity contribution in [3.63, 3.8) is 0 Å². The van der Waals surface area contributed by atoms with E-state index in [9.17, 15) is 0 Å². The van der Waals surface area contributed by atoms with Crippen LogP contribution < -0.4 is 9.80 Å². The van der Waals surface area contributed by atoms with E-state index in [1.54, 1.807) is 0 Å². The number of fused-ring (bicyclic) bond motifs is 11. The molecule has 0 radical (unpaired) electrons. The maximum atomic E-state index is 6.36. The van der Waals surface area contributed by atoms with Crippen molar-refractivity contribution in [2.45, 2.75) is 57.8 Å². The summed E-state index contributed by atoms with van der Waals surface area (Å²) in [4.78, 5) is 14.6. The molecular formula is C77H58N4O2. The van der Waals surface area contributed by atoms with E-state index in [1.165, 1.54) is 72.3 Å². The van der Waals surface area contributed by atoms with Crippen LogP contribution in [0.25, 0.3) is 89.6 Å². The van der Waals surface area contributed by atoms with Crippen LogP contribution in [-0.2, 0) is 16.2 Å². The maximum absolute atomic E-state index is 6.36. The summed E-state index contributed by atoms with van der Waals surface area (Å²) in [6.45, 7) is 14.1. The molecule has 0 spiro atoms. The number of nitrogens with zero attached hydrogens (tertiary/aromatic N) is 4. The number of anilines is 6. The number of benzene rings is 11. The first-order valence-electron chi connectivity index (χ1n) is 28.8. The molecule has 0 fully saturated rings. The minimum absolute atomic E-state index is 0.159. The van der Waals surface area contributed by atoms with Crippen molar-refractivity contribution in [1.29, 1.82) is 0 Å². The second-order valence-electron chi connectivity index (χ2n) is 24.2. The highest BCUT2D eigenvalue weighted by Crippen LogP contribution is 2.55. The fraction of sp³-hybridized carbons (Fsp3) is 0.117. The summed E-state index contributed by atoms with van der Waals surface area (Å²) in [5.41, 5.74) is 28.8. The van der Waals surface area contributed by atoms with Crippen LogP contribution in [0.3, 0.4) is 0 Å². The molecule has 16 rings (SSSR count). The molecule has 0 saturated carbocycles. The molecule has 11 aromatic carbocycles. The van der Waals surface area contributed by atoms with Crippen molar-refractivity contribution in [3.05, 3.63) is 276 Å². The fourth-order valence-electron chi connectivity index (χ4n) is 14.0. The highest BCUT2D eigenvalue weighted by Gasteiger charge is 2.39. The lowest BCUT2D eigenvalue weighted by atomic mass is 9.81. The first-order chi connectivity index (χ1) is 40.4. The van der Waals surface area contributed by atoms with Crippen molar-refractivity contribution in [3.8, 4) is 67.4 Å². The van der Waals surface area contributed by atoms with Crippen LogP contribution in [-0.4, -0.2) is 9.97 Å². The third-order valence-electron chi connectivity index (χ3n) is 18.3. The van der Waals surface area contributed by atoms with Gasteiger partial charge in [0.1, 0.15) is 11.0 Å². The van der Waals surface area contributed by atoms with Gasteiger partial charge >= 0.3 is 0 Å². The molecule has 0 unspecified atom stereocenters. The van der Waals surface area contributed by atoms with E-state index in [0.29, 0.717) is 11.8 Å². The number of hydrogen-bond acceptors (Lipinski definition) is 6. The predicted molar refractivity (Wildman–Crippen MR) is 340 cm³/mol. The summed E-state index contributed by atoms with van der Waals surface area (Å²) in [6, 6.07) is 88.0. The van der Waals surface area contributed by atoms with Crippen LogP contribution in [0.2, 0.25) is 0 Å². The van der Waals surface area contributed by atoms with Gasteiger partial charge in [-0.05, 0) is 193 Å². The second kappa shape index (κ2) is 18.0. The molecule has 0 aliphatic heterocycles. The Morgan fingerprint density at radius 1 is 0.265 bits per heavy atom. The SMILES string of the molecule is CC1(C)c2ccccc2-c2ccc(N(c3ccc(-c4ccc5c(c4)C(C)(C)c4cc(N(c6cccc(-c7nc8ccccc8o7)c6)c6ccc7c(c6)C(C)(C)c6ccccc6-7)ccc4-5)cc3)c3cccc(-c4nc5ccccc5o4)c3)cc21. The molecule has 6 nitrogen and oxygen atoms in total. The zero-order chi connectivity index (χ0) is 55.9. The lowest BCUT2D eigenvalue weighted by Crippen LogP contribution is -2.18. The zero-order valence-corrected chi connectivity index (χ0v) is 47.2. The van der Waals surface area contributed by atoms with Crippen molar-refractivity contribution in [2.75, 3.05) is 9.80 Å². The number of para-hydroxylation sites is 4. The van der Waals surface area contributed by atoms with E-state index in [4.69, 9.17) is 18.8 Å². The third kappa shape index (κ3) is 7.55. The van der Waals surface area contributed by atoms with Crippen LogP contribution in [0.15, 0.2) is 251 Å². The van der Waals surface area contributed by atoms with Crippen LogP contribution in [0.5, 0.6) is 0 Å². The summed E-state index contributed by atoms with van der Waals surface area (Å²) >= 11 is 0. The first kappa shape index (κ1) is 48.8. The Kier molecular flexibility index (Phi) is 10.6. The molecule has 83 heavy (non-hydrogen) atoms. The normalized spacial score (nSPS) is 14.4. The fourth-order valence-corrected chi connectivity index (χ4v) is 14.0. The van der Waals surface area contributed by atoms with Crippen molar-refractivity contribution in [1.82, 2.24) is 9.97 Å². The Morgan fingerprint density at radius 3 is 1.08 bits per heavy atom. The van der Waals surface area contributed by atoms with Crippen LogP contribution in [0.4, 0.5) is 34.1 Å². The van der Waals surface area contributed by atoms with E-state index in [2.05, 4.69) is 245 Å². The van der Waals surface area contributed by atoms with Crippen LogP contribution >= 0.6 is 0 Å². The Labute approximate surface area is 483 Å². The molecule has 0 N–H and O–H groups in total. The summed E-state index contributed by atoms with van der Waals surface area (Å²) in [6.07, 6.45) is 0. The number of rotatable bonds is 9. The van der Waals surface area contributed by atoms with E-state index in [0.717, 1.165) is 73.0 Å². The Morgan fingerprint density at radius 2 is 0.614 bits per heavy atom. The summed E-state index contributed by atoms with van der Waals surface area (Å²) in [7, 11) is 0. The molecule has 398 valence electrons. The van der Waals surface area contributed by atoms with Gasteiger partial charge in [0.05, 0.1) is 0 Å². The van der Waals surface area contributed by atoms with Crippen LogP contribution in [0, 0.1) is 0 Å². The lowest BCUT2D eigenvalue weighted by Gasteiger charge is -2.30. The highest BCUT2D eigenvalue weighted by molar-refractivity contribution is 5.92. The summed E-state index contributed by atoms with van der Waals surface area (Å²) in [5, 5.41) is 0. The van der Waals surface area contributed by atoms with Gasteiger partial charge in [-0.25, -0.2) is 9.97 Å². The monoisotopic (exact) mass is 1070 g/mol. The Balaban J connectivity index is 0.764. The molecule has 3 aliphatic carbocycles. The minimum atomic E-state index is -0.304. The molecule has 0 saturated heterocycles. The third-order valence-corrected chi connectivity index (χ3v) is 18.3. The van der Waals surface area contributed by atoms with Gasteiger partial charge in [-0.15, -0.1) is 0 Å². The van der Waals surface area contributed by atoms with Crippen molar-refractivity contribution < 1.29 is 8.83 Å². The van der Waals surface area contributed by atoms with E-state index >= 15 is 0 Å². The van der Waals surface area contributed by atoms with E-state index < -0.39 is 0 Å². The van der Waals surface area contributed by atoms with Crippen LogP contribution in [0.1, 0.15) is 74.9 Å². The second-order valence-corrected chi connectivity index (χ2v) is 24.2. The van der Waals surface area contributed by atoms with Gasteiger partial charge in [0.15, 0.2) is 11.2 Å². The van der Waals surface area contributed by atoms with E-state index in [-0.39, 0.29) is 16.2 Å². The Bertz CT molecular complexity index is 4740. The van der Waals surface area contributed by atoms with Gasteiger partial charge in [-0.1, -0.05) is 169 Å². The molecule has 0 bridgehead atoms. The number of oxazole rings is 2. The van der Waals surface area contributed by atoms with Gasteiger partial charge in [0.2, 0.25) is 11.8 Å². The van der Waals surface area contributed by atoms with Crippen molar-refractivity contribution in [2.24, 2.45) is 0 Å². The molecule has 6 heteroatoms. The minimum Gasteiger partial charge on any atom is -0.436 e. The molecule has 0 atom stereocenters. The first-order valence-corrected chi connectivity index (χ1v) is 28.8.